The molecule has 7 nitrogen and oxygen atoms in total. The standard InChI is InChI=1S/C17H29N7.HI/c1-14-11-15(2)24(22-14)10-6-9-20-17(18-3)19-8-5-7-16-12-21-23(4)13-16;/h11-13H,5-10H2,1-4H3,(H2,18,19,20);1H. The minimum absolute atomic E-state index is 0. The Hall–Kier alpha value is -1.58. The molecule has 0 bridgehead atoms. The number of rotatable bonds is 8. The lowest BCUT2D eigenvalue weighted by Gasteiger charge is -2.12. The smallest absolute Gasteiger partial charge is 0.190 e. The van der Waals surface area contributed by atoms with Gasteiger partial charge >= 0.3 is 0 Å². The number of aryl methyl sites for hydroxylation is 5. The first-order chi connectivity index (χ1) is 11.6. The molecular weight excluding hydrogens is 429 g/mol. The van der Waals surface area contributed by atoms with Crippen LogP contribution in [0, 0.1) is 13.8 Å². The van der Waals surface area contributed by atoms with E-state index in [4.69, 9.17) is 0 Å². The van der Waals surface area contributed by atoms with Crippen LogP contribution in [0.15, 0.2) is 23.5 Å². The lowest BCUT2D eigenvalue weighted by Crippen LogP contribution is -2.38. The Balaban J connectivity index is 0.00000312. The monoisotopic (exact) mass is 459 g/mol. The highest BCUT2D eigenvalue weighted by Crippen LogP contribution is 2.02. The predicted octanol–water partition coefficient (Wildman–Crippen LogP) is 2.04. The predicted molar refractivity (Wildman–Crippen MR) is 113 cm³/mol. The van der Waals surface area contributed by atoms with Crippen LogP contribution >= 0.6 is 24.0 Å². The van der Waals surface area contributed by atoms with Gasteiger partial charge in [0.2, 0.25) is 0 Å². The third-order valence-corrected chi connectivity index (χ3v) is 3.86. The molecule has 0 radical (unpaired) electrons. The molecule has 0 unspecified atom stereocenters. The summed E-state index contributed by atoms with van der Waals surface area (Å²) >= 11 is 0. The van der Waals surface area contributed by atoms with Crippen LogP contribution in [-0.4, -0.2) is 45.7 Å². The molecule has 8 heteroatoms. The first-order valence-electron chi connectivity index (χ1n) is 8.51. The molecule has 0 aliphatic carbocycles. The topological polar surface area (TPSA) is 72.1 Å². The molecule has 0 aromatic carbocycles. The van der Waals surface area contributed by atoms with Gasteiger partial charge in [-0.25, -0.2) is 0 Å². The molecule has 0 atom stereocenters. The van der Waals surface area contributed by atoms with Crippen molar-refractivity contribution in [1.29, 1.82) is 0 Å². The Morgan fingerprint density at radius 1 is 1.20 bits per heavy atom. The van der Waals surface area contributed by atoms with Crippen molar-refractivity contribution >= 4 is 29.9 Å². The van der Waals surface area contributed by atoms with Gasteiger partial charge in [0.1, 0.15) is 0 Å². The lowest BCUT2D eigenvalue weighted by molar-refractivity contribution is 0.555. The van der Waals surface area contributed by atoms with Crippen LogP contribution in [0.25, 0.3) is 0 Å². The van der Waals surface area contributed by atoms with E-state index in [2.05, 4.69) is 49.7 Å². The number of aliphatic imine (C=N–C) groups is 1. The Morgan fingerprint density at radius 2 is 1.92 bits per heavy atom. The molecule has 0 aliphatic rings. The van der Waals surface area contributed by atoms with Crippen molar-refractivity contribution in [1.82, 2.24) is 30.2 Å². The van der Waals surface area contributed by atoms with Crippen molar-refractivity contribution in [2.45, 2.75) is 39.7 Å². The van der Waals surface area contributed by atoms with Gasteiger partial charge in [-0.05, 0) is 44.7 Å². The van der Waals surface area contributed by atoms with Crippen LogP contribution in [-0.2, 0) is 20.0 Å². The second-order valence-electron chi connectivity index (χ2n) is 6.06. The highest BCUT2D eigenvalue weighted by molar-refractivity contribution is 14.0. The molecule has 2 rings (SSSR count). The van der Waals surface area contributed by atoms with E-state index in [0.29, 0.717) is 0 Å². The summed E-state index contributed by atoms with van der Waals surface area (Å²) in [4.78, 5) is 4.26. The van der Waals surface area contributed by atoms with Gasteiger partial charge in [0.05, 0.1) is 11.9 Å². The largest absolute Gasteiger partial charge is 0.356 e. The van der Waals surface area contributed by atoms with E-state index >= 15 is 0 Å². The van der Waals surface area contributed by atoms with E-state index in [1.807, 2.05) is 24.9 Å². The van der Waals surface area contributed by atoms with Gasteiger partial charge < -0.3 is 10.6 Å². The summed E-state index contributed by atoms with van der Waals surface area (Å²) in [5.74, 6) is 0.856. The summed E-state index contributed by atoms with van der Waals surface area (Å²) in [6.07, 6.45) is 7.07. The van der Waals surface area contributed by atoms with E-state index < -0.39 is 0 Å². The Kier molecular flexibility index (Phi) is 9.54. The molecule has 2 aromatic rings. The quantitative estimate of drug-likeness (QED) is 0.274. The number of nitrogens with zero attached hydrogens (tertiary/aromatic N) is 5. The van der Waals surface area contributed by atoms with E-state index in [0.717, 1.165) is 50.6 Å². The minimum Gasteiger partial charge on any atom is -0.356 e. The molecule has 0 amide bonds. The lowest BCUT2D eigenvalue weighted by atomic mass is 10.2. The summed E-state index contributed by atoms with van der Waals surface area (Å²) < 4.78 is 3.90. The highest BCUT2D eigenvalue weighted by Gasteiger charge is 2.02. The van der Waals surface area contributed by atoms with Crippen LogP contribution in [0.5, 0.6) is 0 Å². The Bertz CT molecular complexity index is 660. The summed E-state index contributed by atoms with van der Waals surface area (Å²) in [6, 6.07) is 2.11. The second-order valence-corrected chi connectivity index (χ2v) is 6.06. The van der Waals surface area contributed by atoms with E-state index in [9.17, 15) is 0 Å². The van der Waals surface area contributed by atoms with Crippen LogP contribution in [0.1, 0.15) is 29.8 Å². The van der Waals surface area contributed by atoms with Gasteiger partial charge in [0.15, 0.2) is 5.96 Å². The first-order valence-corrected chi connectivity index (χ1v) is 8.51. The molecule has 0 saturated heterocycles. The van der Waals surface area contributed by atoms with Gasteiger partial charge in [0, 0.05) is 45.6 Å². The van der Waals surface area contributed by atoms with Crippen molar-refractivity contribution in [3.8, 4) is 0 Å². The summed E-state index contributed by atoms with van der Waals surface area (Å²) in [7, 11) is 3.75. The number of hydrogen-bond acceptors (Lipinski definition) is 3. The maximum absolute atomic E-state index is 4.47. The van der Waals surface area contributed by atoms with Crippen molar-refractivity contribution in [2.75, 3.05) is 20.1 Å². The average Bonchev–Trinajstić information content (AvgIpc) is 3.10. The number of nitrogens with one attached hydrogen (secondary N) is 2. The zero-order valence-corrected chi connectivity index (χ0v) is 17.9. The Morgan fingerprint density at radius 3 is 2.48 bits per heavy atom. The maximum Gasteiger partial charge on any atom is 0.190 e. The third-order valence-electron chi connectivity index (χ3n) is 3.86. The minimum atomic E-state index is 0. The molecule has 140 valence electrons. The van der Waals surface area contributed by atoms with Gasteiger partial charge in [0.25, 0.3) is 0 Å². The zero-order chi connectivity index (χ0) is 17.4. The third kappa shape index (κ3) is 7.45. The number of guanidine groups is 1. The van der Waals surface area contributed by atoms with Gasteiger partial charge in [-0.2, -0.15) is 10.2 Å². The van der Waals surface area contributed by atoms with Gasteiger partial charge in [-0.3, -0.25) is 14.4 Å². The fourth-order valence-corrected chi connectivity index (χ4v) is 2.66. The Labute approximate surface area is 167 Å². The molecule has 2 N–H and O–H groups in total. The van der Waals surface area contributed by atoms with E-state index in [-0.39, 0.29) is 24.0 Å². The molecule has 0 fully saturated rings. The number of halogens is 1. The highest BCUT2D eigenvalue weighted by atomic mass is 127. The van der Waals surface area contributed by atoms with Crippen molar-refractivity contribution in [2.24, 2.45) is 12.0 Å². The molecule has 2 heterocycles. The average molecular weight is 459 g/mol. The fourth-order valence-electron chi connectivity index (χ4n) is 2.66. The molecule has 25 heavy (non-hydrogen) atoms. The van der Waals surface area contributed by atoms with E-state index in [1.165, 1.54) is 11.3 Å². The summed E-state index contributed by atoms with van der Waals surface area (Å²) in [5, 5.41) is 15.4. The van der Waals surface area contributed by atoms with Crippen LogP contribution < -0.4 is 10.6 Å². The molecule has 0 saturated carbocycles. The second kappa shape index (κ2) is 11.1. The van der Waals surface area contributed by atoms with Crippen LogP contribution in [0.3, 0.4) is 0 Å². The molecule has 2 aromatic heterocycles. The van der Waals surface area contributed by atoms with Crippen molar-refractivity contribution < 1.29 is 0 Å². The molecule has 0 aliphatic heterocycles. The van der Waals surface area contributed by atoms with Crippen LogP contribution in [0.2, 0.25) is 0 Å². The molecular formula is C17H30IN7. The van der Waals surface area contributed by atoms with E-state index in [1.54, 1.807) is 7.05 Å². The summed E-state index contributed by atoms with van der Waals surface area (Å²) in [5.41, 5.74) is 3.56. The van der Waals surface area contributed by atoms with Crippen LogP contribution in [0.4, 0.5) is 0 Å². The SMILES string of the molecule is CN=C(NCCCc1cnn(C)c1)NCCCn1nc(C)cc1C.I. The normalized spacial score (nSPS) is 11.3. The fraction of sp³-hybridized carbons (Fsp3) is 0.588. The molecule has 0 spiro atoms. The van der Waals surface area contributed by atoms with Gasteiger partial charge in [-0.1, -0.05) is 0 Å². The number of aromatic nitrogens is 4. The summed E-state index contributed by atoms with van der Waals surface area (Å²) in [6.45, 7) is 6.81. The number of hydrogen-bond donors (Lipinski definition) is 2. The van der Waals surface area contributed by atoms with Gasteiger partial charge in [-0.15, -0.1) is 24.0 Å². The maximum atomic E-state index is 4.47. The van der Waals surface area contributed by atoms with Crippen molar-refractivity contribution in [3.63, 3.8) is 0 Å². The zero-order valence-electron chi connectivity index (χ0n) is 15.6. The first kappa shape index (κ1) is 21.5. The van der Waals surface area contributed by atoms with Crippen molar-refractivity contribution in [3.05, 3.63) is 35.4 Å².